The molecule has 3 rings (SSSR count). The summed E-state index contributed by atoms with van der Waals surface area (Å²) in [5.74, 6) is -0.942. The van der Waals surface area contributed by atoms with Crippen LogP contribution in [0.5, 0.6) is 0 Å². The van der Waals surface area contributed by atoms with Crippen LogP contribution >= 0.6 is 0 Å². The van der Waals surface area contributed by atoms with Gasteiger partial charge in [0.05, 0.1) is 23.0 Å². The highest BCUT2D eigenvalue weighted by Gasteiger charge is 2.41. The fraction of sp³-hybridized carbons (Fsp3) is 0.524. The number of piperidine rings is 1. The number of unbranched alkanes of at least 4 members (excludes halogenated alkanes) is 1. The molecule has 2 heterocycles. The van der Waals surface area contributed by atoms with Gasteiger partial charge in [0.25, 0.3) is 5.91 Å². The maximum absolute atomic E-state index is 13.8. The van der Waals surface area contributed by atoms with Crippen LogP contribution in [0.2, 0.25) is 0 Å². The molecule has 1 aliphatic heterocycles. The van der Waals surface area contributed by atoms with Crippen LogP contribution in [0, 0.1) is 0 Å². The average Bonchev–Trinajstić information content (AvgIpc) is 3.19. The molecule has 1 aromatic carbocycles. The summed E-state index contributed by atoms with van der Waals surface area (Å²) in [7, 11) is 0. The summed E-state index contributed by atoms with van der Waals surface area (Å²) in [6.07, 6.45) is -5.64. The van der Waals surface area contributed by atoms with Crippen LogP contribution in [0.15, 0.2) is 30.5 Å². The summed E-state index contributed by atoms with van der Waals surface area (Å²) in [5, 5.41) is 6.22. The van der Waals surface area contributed by atoms with Gasteiger partial charge in [0.1, 0.15) is 0 Å². The van der Waals surface area contributed by atoms with Crippen molar-refractivity contribution in [1.82, 2.24) is 20.0 Å². The highest BCUT2D eigenvalue weighted by molar-refractivity contribution is 5.95. The zero-order valence-electron chi connectivity index (χ0n) is 17.4. The zero-order chi connectivity index (χ0) is 23.5. The molecule has 1 saturated heterocycles. The topological polar surface area (TPSA) is 50.2 Å². The smallest absolute Gasteiger partial charge is 0.349 e. The summed E-state index contributed by atoms with van der Waals surface area (Å²) in [6, 6.07) is 3.10. The molecule has 1 aliphatic rings. The quantitative estimate of drug-likeness (QED) is 0.621. The van der Waals surface area contributed by atoms with Crippen LogP contribution < -0.4 is 5.32 Å². The fourth-order valence-electron chi connectivity index (χ4n) is 3.74. The normalized spacial score (nSPS) is 16.3. The molecule has 5 nitrogen and oxygen atoms in total. The fourth-order valence-corrected chi connectivity index (χ4v) is 3.74. The molecule has 176 valence electrons. The number of alkyl halides is 6. The van der Waals surface area contributed by atoms with E-state index in [1.54, 1.807) is 0 Å². The number of rotatable bonds is 6. The summed E-state index contributed by atoms with van der Waals surface area (Å²) in [5.41, 5.74) is -3.67. The lowest BCUT2D eigenvalue weighted by Crippen LogP contribution is -2.45. The minimum atomic E-state index is -5.00. The predicted octanol–water partition coefficient (Wildman–Crippen LogP) is 4.90. The highest BCUT2D eigenvalue weighted by atomic mass is 19.4. The second kappa shape index (κ2) is 9.51. The van der Waals surface area contributed by atoms with Gasteiger partial charge in [-0.2, -0.15) is 31.4 Å². The molecule has 0 atom stereocenters. The summed E-state index contributed by atoms with van der Waals surface area (Å²) in [4.78, 5) is 14.9. The SMILES string of the molecule is CCCCN1CCC(NC(=O)c2cnn(-c3cccc(C(F)(F)F)c3)c2C(F)(F)F)CC1. The largest absolute Gasteiger partial charge is 0.434 e. The van der Waals surface area contributed by atoms with Crippen molar-refractivity contribution in [2.75, 3.05) is 19.6 Å². The molecule has 0 saturated carbocycles. The molecule has 0 aliphatic carbocycles. The number of nitrogens with zero attached hydrogens (tertiary/aromatic N) is 3. The van der Waals surface area contributed by atoms with E-state index in [1.165, 1.54) is 0 Å². The lowest BCUT2D eigenvalue weighted by Gasteiger charge is -2.32. The number of amides is 1. The number of carbonyl (C=O) groups is 1. The lowest BCUT2D eigenvalue weighted by atomic mass is 10.0. The van der Waals surface area contributed by atoms with E-state index >= 15 is 0 Å². The summed E-state index contributed by atoms with van der Waals surface area (Å²) >= 11 is 0. The van der Waals surface area contributed by atoms with E-state index in [4.69, 9.17) is 0 Å². The molecule has 2 aromatic rings. The monoisotopic (exact) mass is 462 g/mol. The van der Waals surface area contributed by atoms with Gasteiger partial charge < -0.3 is 10.2 Å². The Morgan fingerprint density at radius 3 is 2.41 bits per heavy atom. The molecule has 11 heteroatoms. The van der Waals surface area contributed by atoms with Gasteiger partial charge in [0, 0.05) is 19.1 Å². The Labute approximate surface area is 181 Å². The average molecular weight is 462 g/mol. The first-order valence-corrected chi connectivity index (χ1v) is 10.4. The van der Waals surface area contributed by atoms with Crippen molar-refractivity contribution >= 4 is 5.91 Å². The molecule has 0 radical (unpaired) electrons. The third kappa shape index (κ3) is 5.62. The van der Waals surface area contributed by atoms with Gasteiger partial charge in [-0.05, 0) is 44.0 Å². The Bertz CT molecular complexity index is 929. The van der Waals surface area contributed by atoms with Gasteiger partial charge in [-0.25, -0.2) is 4.68 Å². The Morgan fingerprint density at radius 2 is 1.81 bits per heavy atom. The first-order valence-electron chi connectivity index (χ1n) is 10.4. The number of benzene rings is 1. The molecule has 0 spiro atoms. The van der Waals surface area contributed by atoms with Crippen LogP contribution in [0.3, 0.4) is 0 Å². The number of aromatic nitrogens is 2. The van der Waals surface area contributed by atoms with Crippen molar-refractivity contribution in [2.45, 2.75) is 51.0 Å². The minimum absolute atomic E-state index is 0.279. The highest BCUT2D eigenvalue weighted by Crippen LogP contribution is 2.35. The maximum Gasteiger partial charge on any atom is 0.434 e. The van der Waals surface area contributed by atoms with Crippen molar-refractivity contribution in [2.24, 2.45) is 0 Å². The Balaban J connectivity index is 1.81. The number of carbonyl (C=O) groups excluding carboxylic acids is 1. The van der Waals surface area contributed by atoms with Gasteiger partial charge in [-0.15, -0.1) is 0 Å². The van der Waals surface area contributed by atoms with Crippen LogP contribution in [-0.4, -0.2) is 46.3 Å². The van der Waals surface area contributed by atoms with Crippen LogP contribution in [0.1, 0.15) is 54.2 Å². The standard InChI is InChI=1S/C21H24F6N4O/c1-2-3-9-30-10-7-15(8-11-30)29-19(32)17-13-28-31(18(17)21(25,26)27)16-6-4-5-14(12-16)20(22,23)24/h4-6,12-13,15H,2-3,7-11H2,1H3,(H,29,32). The summed E-state index contributed by atoms with van der Waals surface area (Å²) < 4.78 is 80.7. The number of likely N-dealkylation sites (tertiary alicyclic amines) is 1. The molecule has 32 heavy (non-hydrogen) atoms. The molecule has 1 aromatic heterocycles. The first kappa shape index (κ1) is 24.1. The third-order valence-electron chi connectivity index (χ3n) is 5.45. The van der Waals surface area contributed by atoms with E-state index in [1.807, 2.05) is 0 Å². The Kier molecular flexibility index (Phi) is 7.16. The number of hydrogen-bond acceptors (Lipinski definition) is 3. The van der Waals surface area contributed by atoms with Gasteiger partial charge in [-0.1, -0.05) is 19.4 Å². The van der Waals surface area contributed by atoms with E-state index in [0.717, 1.165) is 56.9 Å². The number of nitrogens with one attached hydrogen (secondary N) is 1. The van der Waals surface area contributed by atoms with Crippen molar-refractivity contribution < 1.29 is 31.1 Å². The molecule has 1 amide bonds. The van der Waals surface area contributed by atoms with E-state index in [2.05, 4.69) is 22.2 Å². The second-order valence-electron chi connectivity index (χ2n) is 7.81. The van der Waals surface area contributed by atoms with Gasteiger partial charge in [0.2, 0.25) is 0 Å². The van der Waals surface area contributed by atoms with Crippen molar-refractivity contribution in [1.29, 1.82) is 0 Å². The van der Waals surface area contributed by atoms with Gasteiger partial charge in [-0.3, -0.25) is 4.79 Å². The predicted molar refractivity (Wildman–Crippen MR) is 105 cm³/mol. The second-order valence-corrected chi connectivity index (χ2v) is 7.81. The first-order chi connectivity index (χ1) is 15.0. The van der Waals surface area contributed by atoms with Crippen LogP contribution in [-0.2, 0) is 12.4 Å². The van der Waals surface area contributed by atoms with Crippen molar-refractivity contribution in [3.8, 4) is 5.69 Å². The molecule has 1 fully saturated rings. The summed E-state index contributed by atoms with van der Waals surface area (Å²) in [6.45, 7) is 4.50. The Morgan fingerprint density at radius 1 is 1.12 bits per heavy atom. The molecular formula is C21H24F6N4O. The minimum Gasteiger partial charge on any atom is -0.349 e. The van der Waals surface area contributed by atoms with Gasteiger partial charge >= 0.3 is 12.4 Å². The van der Waals surface area contributed by atoms with Crippen molar-refractivity contribution in [3.63, 3.8) is 0 Å². The van der Waals surface area contributed by atoms with Crippen molar-refractivity contribution in [3.05, 3.63) is 47.3 Å². The molecular weight excluding hydrogens is 438 g/mol. The number of halogens is 6. The molecule has 0 unspecified atom stereocenters. The zero-order valence-corrected chi connectivity index (χ0v) is 17.4. The van der Waals surface area contributed by atoms with E-state index in [0.29, 0.717) is 23.6 Å². The maximum atomic E-state index is 13.8. The van der Waals surface area contributed by atoms with E-state index < -0.39 is 40.8 Å². The van der Waals surface area contributed by atoms with Gasteiger partial charge in [0.15, 0.2) is 5.69 Å². The Hall–Kier alpha value is -2.56. The van der Waals surface area contributed by atoms with Crippen LogP contribution in [0.4, 0.5) is 26.3 Å². The third-order valence-corrected chi connectivity index (χ3v) is 5.45. The number of hydrogen-bond donors (Lipinski definition) is 1. The van der Waals surface area contributed by atoms with Crippen LogP contribution in [0.25, 0.3) is 5.69 Å². The van der Waals surface area contributed by atoms with E-state index in [9.17, 15) is 31.1 Å². The molecule has 0 bridgehead atoms. The molecule has 1 N–H and O–H groups in total. The lowest BCUT2D eigenvalue weighted by molar-refractivity contribution is -0.143. The van der Waals surface area contributed by atoms with E-state index in [-0.39, 0.29) is 6.04 Å².